The van der Waals surface area contributed by atoms with Gasteiger partial charge in [-0.05, 0) is 48.6 Å². The van der Waals surface area contributed by atoms with E-state index in [4.69, 9.17) is 20.9 Å². The second kappa shape index (κ2) is 8.62. The molecule has 0 unspecified atom stereocenters. The summed E-state index contributed by atoms with van der Waals surface area (Å²) in [5.74, 6) is 1.43. The number of anilines is 1. The Morgan fingerprint density at radius 3 is 2.56 bits per heavy atom. The average Bonchev–Trinajstić information content (AvgIpc) is 3.49. The molecule has 1 aliphatic rings. The molecule has 0 radical (unpaired) electrons. The van der Waals surface area contributed by atoms with Crippen molar-refractivity contribution in [2.75, 3.05) is 18.0 Å². The minimum atomic E-state index is 0.0473. The van der Waals surface area contributed by atoms with Crippen LogP contribution in [-0.2, 0) is 0 Å². The number of fused-ring (bicyclic) bond motifs is 1. The smallest absolute Gasteiger partial charge is 0.324 e. The number of aromatic nitrogens is 7. The highest BCUT2D eigenvalue weighted by atomic mass is 35.5. The molecule has 4 aromatic heterocycles. The fourth-order valence-corrected chi connectivity index (χ4v) is 4.63. The van der Waals surface area contributed by atoms with Gasteiger partial charge in [0.2, 0.25) is 10.2 Å². The fourth-order valence-electron chi connectivity index (χ4n) is 3.72. The molecule has 0 N–H and O–H groups in total. The van der Waals surface area contributed by atoms with Gasteiger partial charge in [-0.1, -0.05) is 19.0 Å². The Balaban J connectivity index is 1.19. The van der Waals surface area contributed by atoms with Crippen molar-refractivity contribution < 1.29 is 9.26 Å². The molecule has 0 bridgehead atoms. The van der Waals surface area contributed by atoms with Gasteiger partial charge in [-0.3, -0.25) is 0 Å². The molecule has 10 nitrogen and oxygen atoms in total. The molecule has 0 amide bonds. The predicted molar refractivity (Wildman–Crippen MR) is 120 cm³/mol. The number of imidazole rings is 1. The Labute approximate surface area is 193 Å². The maximum atomic E-state index is 6.17. The Kier molecular flexibility index (Phi) is 5.68. The van der Waals surface area contributed by atoms with Crippen LogP contribution in [0.2, 0.25) is 5.28 Å². The third-order valence-corrected chi connectivity index (χ3v) is 6.66. The maximum Gasteiger partial charge on any atom is 0.324 e. The van der Waals surface area contributed by atoms with Crippen LogP contribution in [0.3, 0.4) is 0 Å². The highest BCUT2D eigenvalue weighted by molar-refractivity contribution is 7.18. The molecule has 0 aromatic carbocycles. The van der Waals surface area contributed by atoms with Crippen molar-refractivity contribution in [1.29, 1.82) is 0 Å². The van der Waals surface area contributed by atoms with Gasteiger partial charge < -0.3 is 14.2 Å². The summed E-state index contributed by atoms with van der Waals surface area (Å²) in [6.07, 6.45) is 7.15. The number of hydrogen-bond donors (Lipinski definition) is 0. The first-order valence-electron chi connectivity index (χ1n) is 10.6. The molecule has 168 valence electrons. The largest absolute Gasteiger partial charge is 0.466 e. The first kappa shape index (κ1) is 21.1. The average molecular weight is 475 g/mol. The lowest BCUT2D eigenvalue weighted by Crippen LogP contribution is -2.38. The van der Waals surface area contributed by atoms with Crippen LogP contribution in [0.25, 0.3) is 16.2 Å². The van der Waals surface area contributed by atoms with E-state index in [1.54, 1.807) is 16.9 Å². The van der Waals surface area contributed by atoms with Crippen molar-refractivity contribution in [3.8, 4) is 16.5 Å². The fraction of sp³-hybridized carbons (Fsp3) is 0.500. The molecule has 5 heterocycles. The lowest BCUT2D eigenvalue weighted by Gasteiger charge is -2.33. The van der Waals surface area contributed by atoms with E-state index in [0.717, 1.165) is 48.0 Å². The van der Waals surface area contributed by atoms with Gasteiger partial charge in [-0.25, -0.2) is 19.5 Å². The van der Waals surface area contributed by atoms with Gasteiger partial charge in [0.15, 0.2) is 5.82 Å². The van der Waals surface area contributed by atoms with Crippen LogP contribution < -0.4 is 9.64 Å². The molecule has 5 rings (SSSR count). The van der Waals surface area contributed by atoms with E-state index in [2.05, 4.69) is 55.9 Å². The molecule has 0 aliphatic carbocycles. The summed E-state index contributed by atoms with van der Waals surface area (Å²) < 4.78 is 13.3. The van der Waals surface area contributed by atoms with Crippen molar-refractivity contribution in [2.45, 2.75) is 45.6 Å². The van der Waals surface area contributed by atoms with E-state index < -0.39 is 0 Å². The van der Waals surface area contributed by atoms with Gasteiger partial charge >= 0.3 is 6.01 Å². The third-order valence-electron chi connectivity index (χ3n) is 5.65. The molecule has 0 spiro atoms. The zero-order chi connectivity index (χ0) is 22.2. The molecule has 4 aromatic rings. The highest BCUT2D eigenvalue weighted by Gasteiger charge is 2.28. The van der Waals surface area contributed by atoms with E-state index in [1.165, 1.54) is 11.3 Å². The zero-order valence-electron chi connectivity index (χ0n) is 18.0. The Morgan fingerprint density at radius 1 is 1.16 bits per heavy atom. The molecule has 1 saturated heterocycles. The van der Waals surface area contributed by atoms with E-state index in [-0.39, 0.29) is 17.3 Å². The Morgan fingerprint density at radius 2 is 1.91 bits per heavy atom. The monoisotopic (exact) mass is 474 g/mol. The minimum absolute atomic E-state index is 0.0473. The topological polar surface area (TPSA) is 107 Å². The third kappa shape index (κ3) is 4.26. The van der Waals surface area contributed by atoms with Crippen molar-refractivity contribution >= 4 is 33.9 Å². The number of nitrogens with zero attached hydrogens (tertiary/aromatic N) is 8. The summed E-state index contributed by atoms with van der Waals surface area (Å²) >= 11 is 7.17. The lowest BCUT2D eigenvalue weighted by molar-refractivity contribution is 0.130. The summed E-state index contributed by atoms with van der Waals surface area (Å²) in [5, 5.41) is 9.42. The van der Waals surface area contributed by atoms with E-state index >= 15 is 0 Å². The van der Waals surface area contributed by atoms with Crippen LogP contribution in [0.4, 0.5) is 6.01 Å². The van der Waals surface area contributed by atoms with Gasteiger partial charge in [0.25, 0.3) is 5.19 Å². The second-order valence-corrected chi connectivity index (χ2v) is 9.46. The molecule has 0 saturated carbocycles. The first-order chi connectivity index (χ1) is 15.5. The zero-order valence-corrected chi connectivity index (χ0v) is 19.5. The number of piperidine rings is 1. The predicted octanol–water partition coefficient (Wildman–Crippen LogP) is 4.09. The number of rotatable bonds is 6. The summed E-state index contributed by atoms with van der Waals surface area (Å²) in [6.45, 7) is 7.95. The first-order valence-corrected chi connectivity index (χ1v) is 11.7. The van der Waals surface area contributed by atoms with Gasteiger partial charge in [0.1, 0.15) is 6.10 Å². The summed E-state index contributed by atoms with van der Waals surface area (Å²) in [5.41, 5.74) is 1.53. The van der Waals surface area contributed by atoms with Gasteiger partial charge in [0.05, 0.1) is 11.9 Å². The van der Waals surface area contributed by atoms with Crippen LogP contribution in [-0.4, -0.2) is 53.9 Å². The van der Waals surface area contributed by atoms with Crippen molar-refractivity contribution in [1.82, 2.24) is 34.7 Å². The standard InChI is InChI=1S/C20H23ClN8O2S/c1-11(2)16-25-18(31-27-16)28-6-4-13(5-7-28)12(3)30-20-26-29-10-15(24-19(29)32-20)14-8-22-17(21)23-9-14/h8-13H,4-7H2,1-3H3/t12-/m0/s1. The number of hydrogen-bond acceptors (Lipinski definition) is 10. The van der Waals surface area contributed by atoms with Crippen molar-refractivity contribution in [3.63, 3.8) is 0 Å². The van der Waals surface area contributed by atoms with Crippen LogP contribution in [0, 0.1) is 5.92 Å². The van der Waals surface area contributed by atoms with E-state index in [9.17, 15) is 0 Å². The Hall–Kier alpha value is -2.79. The summed E-state index contributed by atoms with van der Waals surface area (Å²) in [7, 11) is 0. The molecular weight excluding hydrogens is 452 g/mol. The van der Waals surface area contributed by atoms with Crippen LogP contribution in [0.5, 0.6) is 5.19 Å². The molecular formula is C20H23ClN8O2S. The number of ether oxygens (including phenoxy) is 1. The summed E-state index contributed by atoms with van der Waals surface area (Å²) in [4.78, 5) is 20.0. The van der Waals surface area contributed by atoms with Crippen molar-refractivity contribution in [3.05, 3.63) is 29.7 Å². The number of halogens is 1. The van der Waals surface area contributed by atoms with Gasteiger partial charge in [-0.15, -0.1) is 5.10 Å². The van der Waals surface area contributed by atoms with Crippen LogP contribution >= 0.6 is 22.9 Å². The molecule has 32 heavy (non-hydrogen) atoms. The SMILES string of the molecule is CC(C)c1noc(N2CCC([C@H](C)Oc3nn4cc(-c5cnc(Cl)nc5)nc4s3)CC2)n1. The molecule has 12 heteroatoms. The minimum Gasteiger partial charge on any atom is -0.466 e. The van der Waals surface area contributed by atoms with Crippen molar-refractivity contribution in [2.24, 2.45) is 5.92 Å². The van der Waals surface area contributed by atoms with Crippen LogP contribution in [0.15, 0.2) is 23.1 Å². The van der Waals surface area contributed by atoms with E-state index in [0.29, 0.717) is 17.1 Å². The Bertz CT molecular complexity index is 1160. The highest BCUT2D eigenvalue weighted by Crippen LogP contribution is 2.30. The molecule has 1 aliphatic heterocycles. The van der Waals surface area contributed by atoms with Gasteiger partial charge in [0, 0.05) is 37.0 Å². The van der Waals surface area contributed by atoms with E-state index in [1.807, 2.05) is 6.20 Å². The summed E-state index contributed by atoms with van der Waals surface area (Å²) in [6, 6.07) is 0.615. The van der Waals surface area contributed by atoms with Gasteiger partial charge in [-0.2, -0.15) is 4.98 Å². The quantitative estimate of drug-likeness (QED) is 0.381. The lowest BCUT2D eigenvalue weighted by atomic mass is 9.92. The molecule has 1 atom stereocenters. The maximum absolute atomic E-state index is 6.17. The normalized spacial score (nSPS) is 16.2. The molecule has 1 fully saturated rings. The second-order valence-electron chi connectivity index (χ2n) is 8.20. The van der Waals surface area contributed by atoms with Crippen LogP contribution in [0.1, 0.15) is 45.4 Å².